The lowest BCUT2D eigenvalue weighted by molar-refractivity contribution is -0.120. The molecule has 1 aliphatic carbocycles. The Morgan fingerprint density at radius 2 is 2.36 bits per heavy atom. The molecule has 0 radical (unpaired) electrons. The van der Waals surface area contributed by atoms with Crippen LogP contribution in [0.5, 0.6) is 0 Å². The maximum absolute atomic E-state index is 11.7. The van der Waals surface area contributed by atoms with Gasteiger partial charge in [0.1, 0.15) is 0 Å². The van der Waals surface area contributed by atoms with E-state index in [1.54, 1.807) is 6.20 Å². The van der Waals surface area contributed by atoms with Gasteiger partial charge in [-0.1, -0.05) is 24.6 Å². The van der Waals surface area contributed by atoms with Crippen LogP contribution in [0.2, 0.25) is 0 Å². The molecule has 0 unspecified atom stereocenters. The first-order valence-electron chi connectivity index (χ1n) is 7.77. The number of hydrogen-bond acceptors (Lipinski definition) is 5. The van der Waals surface area contributed by atoms with Crippen molar-refractivity contribution in [2.24, 2.45) is 0 Å². The van der Waals surface area contributed by atoms with Crippen molar-refractivity contribution in [3.05, 3.63) is 41.8 Å². The van der Waals surface area contributed by atoms with E-state index in [-0.39, 0.29) is 18.2 Å². The number of nitrogens with one attached hydrogen (secondary N) is 1. The molecule has 1 fully saturated rings. The first-order chi connectivity index (χ1) is 10.8. The molecule has 1 saturated carbocycles. The molecule has 2 aromatic heterocycles. The van der Waals surface area contributed by atoms with E-state index in [0.29, 0.717) is 24.2 Å². The first-order valence-corrected chi connectivity index (χ1v) is 7.77. The fourth-order valence-corrected chi connectivity index (χ4v) is 2.53. The molecule has 2 atom stereocenters. The third-order valence-corrected chi connectivity index (χ3v) is 3.88. The van der Waals surface area contributed by atoms with Crippen LogP contribution in [0, 0.1) is 0 Å². The smallest absolute Gasteiger partial charge is 0.230 e. The summed E-state index contributed by atoms with van der Waals surface area (Å²) in [6, 6.07) is 4.00. The molecular formula is C16H20N4O2. The van der Waals surface area contributed by atoms with Gasteiger partial charge < -0.3 is 9.84 Å². The molecule has 116 valence electrons. The zero-order valence-electron chi connectivity index (χ0n) is 12.7. The largest absolute Gasteiger partial charge is 0.356 e. The lowest BCUT2D eigenvalue weighted by Crippen LogP contribution is -2.26. The van der Waals surface area contributed by atoms with Gasteiger partial charge in [-0.05, 0) is 30.4 Å². The quantitative estimate of drug-likeness (QED) is 0.793. The highest BCUT2D eigenvalue weighted by atomic mass is 16.5. The van der Waals surface area contributed by atoms with Crippen LogP contribution < -0.4 is 5.32 Å². The Labute approximate surface area is 129 Å². The molecule has 2 aromatic rings. The summed E-state index contributed by atoms with van der Waals surface area (Å²) >= 11 is 0. The normalized spacial score (nSPS) is 19.9. The third-order valence-electron chi connectivity index (χ3n) is 3.88. The van der Waals surface area contributed by atoms with Crippen LogP contribution in [0.15, 0.2) is 29.0 Å². The van der Waals surface area contributed by atoms with Crippen molar-refractivity contribution in [3.8, 4) is 0 Å². The summed E-state index contributed by atoms with van der Waals surface area (Å²) in [5.41, 5.74) is 1.20. The highest BCUT2D eigenvalue weighted by Crippen LogP contribution is 2.53. The SMILES string of the molecule is CCCCNC(=O)Cc1noc([C@H]2C[C@H]2c2cccnc2)n1. The molecule has 1 aliphatic rings. The van der Waals surface area contributed by atoms with Gasteiger partial charge in [0.15, 0.2) is 5.82 Å². The molecule has 0 bridgehead atoms. The van der Waals surface area contributed by atoms with Crippen molar-refractivity contribution in [1.82, 2.24) is 20.4 Å². The Bertz CT molecular complexity index is 626. The molecule has 6 heteroatoms. The molecule has 0 spiro atoms. The Balaban J connectivity index is 1.53. The number of unbranched alkanes of at least 4 members (excludes halogenated alkanes) is 1. The van der Waals surface area contributed by atoms with Crippen molar-refractivity contribution >= 4 is 5.91 Å². The fourth-order valence-electron chi connectivity index (χ4n) is 2.53. The van der Waals surface area contributed by atoms with Gasteiger partial charge in [0.05, 0.1) is 6.42 Å². The van der Waals surface area contributed by atoms with E-state index in [4.69, 9.17) is 4.52 Å². The molecule has 0 saturated heterocycles. The monoisotopic (exact) mass is 300 g/mol. The average Bonchev–Trinajstić information content (AvgIpc) is 3.21. The van der Waals surface area contributed by atoms with Crippen molar-refractivity contribution in [3.63, 3.8) is 0 Å². The van der Waals surface area contributed by atoms with E-state index >= 15 is 0 Å². The minimum atomic E-state index is -0.0552. The standard InChI is InChI=1S/C16H20N4O2/c1-2-3-7-18-15(21)9-14-19-16(22-20-14)13-8-12(13)11-5-4-6-17-10-11/h4-6,10,12-13H,2-3,7-9H2,1H3,(H,18,21)/t12-,13-/m0/s1. The van der Waals surface area contributed by atoms with Crippen molar-refractivity contribution in [2.45, 2.75) is 44.4 Å². The predicted octanol–water partition coefficient (Wildman–Crippen LogP) is 2.19. The van der Waals surface area contributed by atoms with E-state index in [2.05, 4.69) is 33.4 Å². The van der Waals surface area contributed by atoms with E-state index in [1.807, 2.05) is 12.3 Å². The van der Waals surface area contributed by atoms with Crippen LogP contribution >= 0.6 is 0 Å². The van der Waals surface area contributed by atoms with Gasteiger partial charge in [-0.3, -0.25) is 9.78 Å². The summed E-state index contributed by atoms with van der Waals surface area (Å²) in [6.45, 7) is 2.79. The summed E-state index contributed by atoms with van der Waals surface area (Å²) in [7, 11) is 0. The Hall–Kier alpha value is -2.24. The number of hydrogen-bond donors (Lipinski definition) is 1. The van der Waals surface area contributed by atoms with Crippen LogP contribution in [0.3, 0.4) is 0 Å². The molecule has 22 heavy (non-hydrogen) atoms. The number of rotatable bonds is 7. The number of carbonyl (C=O) groups is 1. The van der Waals surface area contributed by atoms with Crippen molar-refractivity contribution in [2.75, 3.05) is 6.54 Å². The summed E-state index contributed by atoms with van der Waals surface area (Å²) in [5, 5.41) is 6.76. The molecule has 1 amide bonds. The van der Waals surface area contributed by atoms with Crippen molar-refractivity contribution < 1.29 is 9.32 Å². The minimum absolute atomic E-state index is 0.0552. The molecular weight excluding hydrogens is 280 g/mol. The van der Waals surface area contributed by atoms with E-state index in [0.717, 1.165) is 19.3 Å². The first kappa shape index (κ1) is 14.7. The zero-order valence-corrected chi connectivity index (χ0v) is 12.7. The topological polar surface area (TPSA) is 80.9 Å². The maximum Gasteiger partial charge on any atom is 0.230 e. The Morgan fingerprint density at radius 1 is 1.45 bits per heavy atom. The molecule has 6 nitrogen and oxygen atoms in total. The molecule has 3 rings (SSSR count). The van der Waals surface area contributed by atoms with Crippen LogP contribution in [-0.2, 0) is 11.2 Å². The number of pyridine rings is 1. The van der Waals surface area contributed by atoms with E-state index in [9.17, 15) is 4.79 Å². The van der Waals surface area contributed by atoms with Gasteiger partial charge >= 0.3 is 0 Å². The molecule has 1 N–H and O–H groups in total. The predicted molar refractivity (Wildman–Crippen MR) is 80.3 cm³/mol. The van der Waals surface area contributed by atoms with Gasteiger partial charge in [0.25, 0.3) is 0 Å². The van der Waals surface area contributed by atoms with Gasteiger partial charge in [-0.15, -0.1) is 0 Å². The van der Waals surface area contributed by atoms with Gasteiger partial charge in [-0.2, -0.15) is 4.98 Å². The minimum Gasteiger partial charge on any atom is -0.356 e. The fraction of sp³-hybridized carbons (Fsp3) is 0.500. The van der Waals surface area contributed by atoms with Crippen LogP contribution in [0.25, 0.3) is 0 Å². The summed E-state index contributed by atoms with van der Waals surface area (Å²) in [5.74, 6) is 1.69. The number of nitrogens with zero attached hydrogens (tertiary/aromatic N) is 3. The number of carbonyl (C=O) groups excluding carboxylic acids is 1. The van der Waals surface area contributed by atoms with Gasteiger partial charge in [0.2, 0.25) is 11.8 Å². The maximum atomic E-state index is 11.7. The summed E-state index contributed by atoms with van der Waals surface area (Å²) < 4.78 is 5.31. The second-order valence-corrected chi connectivity index (χ2v) is 5.66. The van der Waals surface area contributed by atoms with Gasteiger partial charge in [-0.25, -0.2) is 0 Å². The van der Waals surface area contributed by atoms with Crippen LogP contribution in [0.4, 0.5) is 0 Å². The molecule has 0 aliphatic heterocycles. The van der Waals surface area contributed by atoms with Gasteiger partial charge in [0, 0.05) is 24.9 Å². The third kappa shape index (κ3) is 3.50. The number of amides is 1. The second kappa shape index (κ2) is 6.68. The lowest BCUT2D eigenvalue weighted by Gasteiger charge is -2.00. The summed E-state index contributed by atoms with van der Waals surface area (Å²) in [4.78, 5) is 20.2. The zero-order chi connectivity index (χ0) is 15.4. The van der Waals surface area contributed by atoms with E-state index in [1.165, 1.54) is 5.56 Å². The second-order valence-electron chi connectivity index (χ2n) is 5.66. The Morgan fingerprint density at radius 3 is 3.14 bits per heavy atom. The van der Waals surface area contributed by atoms with E-state index < -0.39 is 0 Å². The molecule has 2 heterocycles. The highest BCUT2D eigenvalue weighted by Gasteiger charge is 2.43. The Kier molecular flexibility index (Phi) is 4.46. The average molecular weight is 300 g/mol. The van der Waals surface area contributed by atoms with Crippen LogP contribution in [-0.4, -0.2) is 27.6 Å². The highest BCUT2D eigenvalue weighted by molar-refractivity contribution is 5.77. The molecule has 0 aromatic carbocycles. The van der Waals surface area contributed by atoms with Crippen LogP contribution in [0.1, 0.15) is 55.3 Å². The summed E-state index contributed by atoms with van der Waals surface area (Å²) in [6.07, 6.45) is 6.86. The van der Waals surface area contributed by atoms with Crippen molar-refractivity contribution in [1.29, 1.82) is 0 Å². The number of aromatic nitrogens is 3. The lowest BCUT2D eigenvalue weighted by atomic mass is 10.1.